The molecule has 0 radical (unpaired) electrons. The van der Waals surface area contributed by atoms with E-state index in [-0.39, 0.29) is 17.7 Å². The van der Waals surface area contributed by atoms with Crippen LogP contribution in [0.1, 0.15) is 18.1 Å². The summed E-state index contributed by atoms with van der Waals surface area (Å²) in [5.41, 5.74) is 1.60. The molecular weight excluding hydrogens is 366 g/mol. The van der Waals surface area contributed by atoms with Gasteiger partial charge in [0, 0.05) is 0 Å². The van der Waals surface area contributed by atoms with Gasteiger partial charge in [-0.3, -0.25) is 14.5 Å². The first-order chi connectivity index (χ1) is 12.9. The number of thioether (sulfide) groups is 1. The number of carboxylic acids is 1. The summed E-state index contributed by atoms with van der Waals surface area (Å²) in [5.74, 6) is -0.959. The Morgan fingerprint density at radius 2 is 1.81 bits per heavy atom. The van der Waals surface area contributed by atoms with E-state index in [1.807, 2.05) is 30.3 Å². The van der Waals surface area contributed by atoms with E-state index in [9.17, 15) is 14.4 Å². The van der Waals surface area contributed by atoms with Crippen LogP contribution in [-0.4, -0.2) is 33.2 Å². The van der Waals surface area contributed by atoms with Crippen LogP contribution in [0.4, 0.5) is 4.79 Å². The van der Waals surface area contributed by atoms with Crippen LogP contribution in [-0.2, 0) is 16.1 Å². The van der Waals surface area contributed by atoms with Crippen LogP contribution < -0.4 is 4.74 Å². The average Bonchev–Trinajstić information content (AvgIpc) is 2.91. The number of carboxylic acid groups (broad SMARTS) is 1. The molecule has 2 amide bonds. The fourth-order valence-electron chi connectivity index (χ4n) is 2.45. The van der Waals surface area contributed by atoms with Gasteiger partial charge in [0.15, 0.2) is 6.10 Å². The van der Waals surface area contributed by atoms with E-state index in [2.05, 4.69) is 0 Å². The van der Waals surface area contributed by atoms with Crippen molar-refractivity contribution in [2.24, 2.45) is 0 Å². The molecule has 2 aromatic carbocycles. The third-order valence-corrected chi connectivity index (χ3v) is 4.80. The molecule has 2 aromatic rings. The maximum absolute atomic E-state index is 12.5. The number of hydrogen-bond donors (Lipinski definition) is 1. The second-order valence-electron chi connectivity index (χ2n) is 5.92. The van der Waals surface area contributed by atoms with Crippen LogP contribution in [0, 0.1) is 0 Å². The molecule has 0 spiro atoms. The van der Waals surface area contributed by atoms with Gasteiger partial charge < -0.3 is 9.84 Å². The van der Waals surface area contributed by atoms with Crippen molar-refractivity contribution in [1.82, 2.24) is 4.90 Å². The molecule has 0 aliphatic carbocycles. The summed E-state index contributed by atoms with van der Waals surface area (Å²) >= 11 is 0.904. The fourth-order valence-corrected chi connectivity index (χ4v) is 3.29. The van der Waals surface area contributed by atoms with Crippen molar-refractivity contribution in [3.8, 4) is 5.75 Å². The zero-order chi connectivity index (χ0) is 19.4. The molecular formula is C20H17NO5S. The average molecular weight is 383 g/mol. The lowest BCUT2D eigenvalue weighted by molar-refractivity contribution is -0.144. The Labute approximate surface area is 160 Å². The SMILES string of the molecule is CC(Oc1ccc(/C=C2/SC(=O)N(Cc3ccccc3)C2=O)cc1)C(=O)O. The number of amides is 2. The first-order valence-corrected chi connectivity index (χ1v) is 9.04. The minimum Gasteiger partial charge on any atom is -0.479 e. The first kappa shape index (κ1) is 18.7. The molecule has 1 heterocycles. The third-order valence-electron chi connectivity index (χ3n) is 3.90. The Hall–Kier alpha value is -3.06. The molecule has 1 N–H and O–H groups in total. The van der Waals surface area contributed by atoms with E-state index in [1.54, 1.807) is 30.3 Å². The number of benzene rings is 2. The van der Waals surface area contributed by atoms with E-state index >= 15 is 0 Å². The van der Waals surface area contributed by atoms with Crippen molar-refractivity contribution in [1.29, 1.82) is 0 Å². The molecule has 1 fully saturated rings. The van der Waals surface area contributed by atoms with E-state index < -0.39 is 12.1 Å². The van der Waals surface area contributed by atoms with Crippen molar-refractivity contribution in [2.45, 2.75) is 19.6 Å². The van der Waals surface area contributed by atoms with Gasteiger partial charge in [-0.1, -0.05) is 42.5 Å². The minimum absolute atomic E-state index is 0.239. The van der Waals surface area contributed by atoms with Crippen molar-refractivity contribution < 1.29 is 24.2 Å². The molecule has 138 valence electrons. The van der Waals surface area contributed by atoms with Gasteiger partial charge in [0.2, 0.25) is 0 Å². The van der Waals surface area contributed by atoms with Crippen molar-refractivity contribution >= 4 is 35.0 Å². The molecule has 6 nitrogen and oxygen atoms in total. The Kier molecular flexibility index (Phi) is 5.61. The normalized spacial score (nSPS) is 16.6. The molecule has 1 aliphatic rings. The van der Waals surface area contributed by atoms with Crippen molar-refractivity contribution in [2.75, 3.05) is 0 Å². The highest BCUT2D eigenvalue weighted by Crippen LogP contribution is 2.33. The summed E-state index contributed by atoms with van der Waals surface area (Å²) < 4.78 is 5.27. The van der Waals surface area contributed by atoms with Crippen LogP contribution in [0.5, 0.6) is 5.75 Å². The maximum atomic E-state index is 12.5. The minimum atomic E-state index is -1.05. The molecule has 1 unspecified atom stereocenters. The molecule has 1 saturated heterocycles. The molecule has 1 aliphatic heterocycles. The van der Waals surface area contributed by atoms with Gasteiger partial charge in [-0.05, 0) is 48.0 Å². The number of carbonyl (C=O) groups is 3. The summed E-state index contributed by atoms with van der Waals surface area (Å²) in [4.78, 5) is 37.1. The lowest BCUT2D eigenvalue weighted by atomic mass is 10.2. The molecule has 1 atom stereocenters. The van der Waals surface area contributed by atoms with Crippen LogP contribution >= 0.6 is 11.8 Å². The molecule has 7 heteroatoms. The summed E-state index contributed by atoms with van der Waals surface area (Å²) in [6.45, 7) is 1.68. The zero-order valence-electron chi connectivity index (χ0n) is 14.5. The van der Waals surface area contributed by atoms with Crippen LogP contribution in [0.25, 0.3) is 6.08 Å². The topological polar surface area (TPSA) is 83.9 Å². The standard InChI is InChI=1S/C20H17NO5S/c1-13(19(23)24)26-16-9-7-14(8-10-16)11-17-18(22)21(20(25)27-17)12-15-5-3-2-4-6-15/h2-11,13H,12H2,1H3,(H,23,24)/b17-11+. The van der Waals surface area contributed by atoms with Gasteiger partial charge in [-0.25, -0.2) is 4.79 Å². The number of imide groups is 1. The van der Waals surface area contributed by atoms with Gasteiger partial charge in [-0.2, -0.15) is 0 Å². The highest BCUT2D eigenvalue weighted by molar-refractivity contribution is 8.18. The Bertz CT molecular complexity index is 892. The lowest BCUT2D eigenvalue weighted by Crippen LogP contribution is -2.27. The summed E-state index contributed by atoms with van der Waals surface area (Å²) in [6.07, 6.45) is 0.686. The van der Waals surface area contributed by atoms with Crippen LogP contribution in [0.15, 0.2) is 59.5 Å². The van der Waals surface area contributed by atoms with E-state index in [1.165, 1.54) is 11.8 Å². The summed E-state index contributed by atoms with van der Waals surface area (Å²) in [5, 5.41) is 8.56. The molecule has 0 aromatic heterocycles. The monoisotopic (exact) mass is 383 g/mol. The van der Waals surface area contributed by atoms with Gasteiger partial charge in [-0.15, -0.1) is 0 Å². The Morgan fingerprint density at radius 3 is 2.44 bits per heavy atom. The van der Waals surface area contributed by atoms with Gasteiger partial charge in [0.1, 0.15) is 5.75 Å². The third kappa shape index (κ3) is 4.57. The number of rotatable bonds is 6. The smallest absolute Gasteiger partial charge is 0.344 e. The Morgan fingerprint density at radius 1 is 1.15 bits per heavy atom. The highest BCUT2D eigenvalue weighted by Gasteiger charge is 2.34. The predicted molar refractivity (Wildman–Crippen MR) is 102 cm³/mol. The van der Waals surface area contributed by atoms with Crippen molar-refractivity contribution in [3.05, 3.63) is 70.6 Å². The Balaban J connectivity index is 1.71. The highest BCUT2D eigenvalue weighted by atomic mass is 32.2. The summed E-state index contributed by atoms with van der Waals surface area (Å²) in [7, 11) is 0. The molecule has 27 heavy (non-hydrogen) atoms. The van der Waals surface area contributed by atoms with Gasteiger partial charge >= 0.3 is 5.97 Å². The first-order valence-electron chi connectivity index (χ1n) is 8.23. The number of ether oxygens (including phenoxy) is 1. The predicted octanol–water partition coefficient (Wildman–Crippen LogP) is 3.78. The quantitative estimate of drug-likeness (QED) is 0.765. The fraction of sp³-hybridized carbons (Fsp3) is 0.150. The maximum Gasteiger partial charge on any atom is 0.344 e. The lowest BCUT2D eigenvalue weighted by Gasteiger charge is -2.12. The van der Waals surface area contributed by atoms with Gasteiger partial charge in [0.25, 0.3) is 11.1 Å². The molecule has 0 saturated carbocycles. The summed E-state index contributed by atoms with van der Waals surface area (Å²) in [6, 6.07) is 16.0. The second kappa shape index (κ2) is 8.09. The van der Waals surface area contributed by atoms with Crippen LogP contribution in [0.2, 0.25) is 0 Å². The zero-order valence-corrected chi connectivity index (χ0v) is 15.3. The van der Waals surface area contributed by atoms with E-state index in [0.717, 1.165) is 22.9 Å². The number of carbonyl (C=O) groups excluding carboxylic acids is 2. The second-order valence-corrected chi connectivity index (χ2v) is 6.91. The largest absolute Gasteiger partial charge is 0.479 e. The number of aliphatic carboxylic acids is 1. The van der Waals surface area contributed by atoms with Gasteiger partial charge in [0.05, 0.1) is 11.4 Å². The molecule has 3 rings (SSSR count). The van der Waals surface area contributed by atoms with Crippen molar-refractivity contribution in [3.63, 3.8) is 0 Å². The van der Waals surface area contributed by atoms with Crippen LogP contribution in [0.3, 0.4) is 0 Å². The van der Waals surface area contributed by atoms with E-state index in [0.29, 0.717) is 10.7 Å². The van der Waals surface area contributed by atoms with E-state index in [4.69, 9.17) is 9.84 Å². The number of hydrogen-bond acceptors (Lipinski definition) is 5. The number of nitrogens with zero attached hydrogens (tertiary/aromatic N) is 1. The molecule has 0 bridgehead atoms.